The number of hydrogen-bond donors (Lipinski definition) is 2. The molecule has 2 amide bonds. The van der Waals surface area contributed by atoms with Crippen LogP contribution in [0.3, 0.4) is 0 Å². The molecule has 2 unspecified atom stereocenters. The molecule has 14 nitrogen and oxygen atoms in total. The summed E-state index contributed by atoms with van der Waals surface area (Å²) in [6, 6.07) is 4.43. The summed E-state index contributed by atoms with van der Waals surface area (Å²) in [5.74, 6) is -1.16. The Hall–Kier alpha value is -4.89. The summed E-state index contributed by atoms with van der Waals surface area (Å²) in [6.45, 7) is 12.9. The number of carbonyl (C=O) groups excluding carboxylic acids is 2. The van der Waals surface area contributed by atoms with Crippen molar-refractivity contribution in [2.45, 2.75) is 103 Å². The number of fused-ring (bicyclic) bond motifs is 6. The number of β-amino-alcohol motifs (C(OH)–C–C–N with tert-alkyl or cyclic N) is 1. The number of aliphatic hydroxyl groups excluding tert-OH is 1. The number of carbonyl (C=O) groups is 2. The van der Waals surface area contributed by atoms with E-state index in [2.05, 4.69) is 26.2 Å². The van der Waals surface area contributed by atoms with E-state index in [0.29, 0.717) is 46.7 Å². The van der Waals surface area contributed by atoms with Gasteiger partial charge in [0.05, 0.1) is 30.8 Å². The third-order valence-electron chi connectivity index (χ3n) is 11.0. The minimum Gasteiger partial charge on any atom is -0.462 e. The van der Waals surface area contributed by atoms with Gasteiger partial charge in [-0.1, -0.05) is 0 Å². The highest BCUT2D eigenvalue weighted by molar-refractivity contribution is 7.23. The minimum atomic E-state index is -0.832. The molecule has 0 spiro atoms. The zero-order chi connectivity index (χ0) is 41.3. The number of piperazine rings is 1. The van der Waals surface area contributed by atoms with Crippen molar-refractivity contribution in [2.24, 2.45) is 0 Å². The van der Waals surface area contributed by atoms with Gasteiger partial charge in [0.15, 0.2) is 5.82 Å². The Bertz CT molecular complexity index is 2340. The minimum absolute atomic E-state index is 0.00581. The molecular weight excluding hydrogens is 773 g/mol. The number of ether oxygens (including phenoxy) is 4. The number of thiophene rings is 1. The zero-order valence-electron chi connectivity index (χ0n) is 33.4. The fourth-order valence-electron chi connectivity index (χ4n) is 8.51. The van der Waals surface area contributed by atoms with Crippen LogP contribution in [0.4, 0.5) is 29.2 Å². The maximum Gasteiger partial charge on any atom is 0.412 e. The summed E-state index contributed by atoms with van der Waals surface area (Å²) >= 11 is 1.06. The third kappa shape index (κ3) is 7.35. The second kappa shape index (κ2) is 15.0. The highest BCUT2D eigenvalue weighted by Gasteiger charge is 2.45. The lowest BCUT2D eigenvalue weighted by Crippen LogP contribution is -2.56. The molecule has 308 valence electrons. The van der Waals surface area contributed by atoms with E-state index in [1.807, 2.05) is 20.8 Å². The monoisotopic (exact) mass is 819 g/mol. The average molecular weight is 820 g/mol. The number of nitriles is 1. The lowest BCUT2D eigenvalue weighted by molar-refractivity contribution is 0.0208. The molecule has 3 atom stereocenters. The molecule has 0 saturated carbocycles. The lowest BCUT2D eigenvalue weighted by atomic mass is 9.90. The fraction of sp³-hybridized carbons (Fsp3) is 0.537. The van der Waals surface area contributed by atoms with Gasteiger partial charge in [0.1, 0.15) is 46.0 Å². The zero-order valence-corrected chi connectivity index (χ0v) is 34.2. The second-order valence-corrected chi connectivity index (χ2v) is 18.3. The van der Waals surface area contributed by atoms with Crippen molar-refractivity contribution in [3.63, 3.8) is 0 Å². The molecule has 3 fully saturated rings. The molecule has 2 bridgehead atoms. The summed E-state index contributed by atoms with van der Waals surface area (Å²) in [7, 11) is 0. The number of aliphatic hydroxyl groups is 1. The van der Waals surface area contributed by atoms with Gasteiger partial charge in [0, 0.05) is 65.5 Å². The molecule has 0 radical (unpaired) electrons. The van der Waals surface area contributed by atoms with Crippen molar-refractivity contribution >= 4 is 55.3 Å². The van der Waals surface area contributed by atoms with E-state index in [0.717, 1.165) is 37.1 Å². The van der Waals surface area contributed by atoms with E-state index in [-0.39, 0.29) is 83.2 Å². The van der Waals surface area contributed by atoms with Crippen molar-refractivity contribution in [3.05, 3.63) is 40.5 Å². The highest BCUT2D eigenvalue weighted by Crippen LogP contribution is 2.49. The Balaban J connectivity index is 1.28. The van der Waals surface area contributed by atoms with Crippen LogP contribution in [0.1, 0.15) is 77.5 Å². The van der Waals surface area contributed by atoms with Gasteiger partial charge in [-0.05, 0) is 84.1 Å². The Kier molecular flexibility index (Phi) is 10.4. The molecule has 2 N–H and O–H groups in total. The number of benzene rings is 2. The van der Waals surface area contributed by atoms with E-state index in [9.17, 15) is 20.0 Å². The van der Waals surface area contributed by atoms with Gasteiger partial charge >= 0.3 is 18.2 Å². The summed E-state index contributed by atoms with van der Waals surface area (Å²) in [6.07, 6.45) is 1.17. The van der Waals surface area contributed by atoms with Crippen molar-refractivity contribution in [1.29, 1.82) is 5.26 Å². The Morgan fingerprint density at radius 2 is 1.71 bits per heavy atom. The maximum atomic E-state index is 17.8. The number of aromatic nitrogens is 2. The second-order valence-electron chi connectivity index (χ2n) is 17.2. The van der Waals surface area contributed by atoms with Gasteiger partial charge in [-0.2, -0.15) is 15.2 Å². The van der Waals surface area contributed by atoms with Crippen LogP contribution in [-0.2, 0) is 27.4 Å². The van der Waals surface area contributed by atoms with Gasteiger partial charge in [0.25, 0.3) is 0 Å². The standard InChI is InChI=1S/C41H47F2N7O7S/c1-40(2,3)56-38(52)47-36-24(15-44)29-28(58-36)10-9-27(42)32(29)30-25-19-54-20-26(25)31-34(33(30)43)45-37(55-18-23-11-12-48(23)13-14-51)46-35(31)50-21-7-8-22(50)17-49(16-21)39(53)57-41(4,5)6/h9-10,21-23,51H,7-8,11-14,16-20H2,1-6H3,(H,47,52)/t21?,22?,23-/m0/s1. The summed E-state index contributed by atoms with van der Waals surface area (Å²) < 4.78 is 58.0. The number of amides is 2. The predicted molar refractivity (Wildman–Crippen MR) is 213 cm³/mol. The Labute approximate surface area is 338 Å². The Morgan fingerprint density at radius 3 is 2.34 bits per heavy atom. The molecular formula is C41H47F2N7O7S. The van der Waals surface area contributed by atoms with E-state index in [4.69, 9.17) is 23.9 Å². The van der Waals surface area contributed by atoms with Crippen LogP contribution in [0.2, 0.25) is 0 Å². The number of rotatable bonds is 8. The summed E-state index contributed by atoms with van der Waals surface area (Å²) in [4.78, 5) is 41.6. The normalized spacial score (nSPS) is 20.6. The van der Waals surface area contributed by atoms with Gasteiger partial charge in [0.2, 0.25) is 0 Å². The molecule has 6 heterocycles. The number of anilines is 2. The van der Waals surface area contributed by atoms with Crippen LogP contribution in [0, 0.1) is 23.0 Å². The number of nitrogens with one attached hydrogen (secondary N) is 1. The van der Waals surface area contributed by atoms with Crippen molar-refractivity contribution in [2.75, 3.05) is 49.6 Å². The van der Waals surface area contributed by atoms with E-state index >= 15 is 8.78 Å². The molecule has 58 heavy (non-hydrogen) atoms. The van der Waals surface area contributed by atoms with Gasteiger partial charge in [-0.25, -0.2) is 18.4 Å². The molecule has 4 aliphatic heterocycles. The molecule has 3 saturated heterocycles. The predicted octanol–water partition coefficient (Wildman–Crippen LogP) is 7.07. The average Bonchev–Trinajstić information content (AvgIpc) is 3.82. The van der Waals surface area contributed by atoms with Crippen LogP contribution in [0.15, 0.2) is 12.1 Å². The maximum absolute atomic E-state index is 17.8. The van der Waals surface area contributed by atoms with E-state index in [1.165, 1.54) is 12.1 Å². The first-order chi connectivity index (χ1) is 27.5. The number of likely N-dealkylation sites (tertiary alicyclic amines) is 2. The van der Waals surface area contributed by atoms with Crippen molar-refractivity contribution in [1.82, 2.24) is 19.8 Å². The fourth-order valence-corrected chi connectivity index (χ4v) is 9.55. The molecule has 2 aromatic heterocycles. The van der Waals surface area contributed by atoms with Gasteiger partial charge in [-0.3, -0.25) is 10.2 Å². The molecule has 4 aromatic rings. The van der Waals surface area contributed by atoms with Crippen LogP contribution in [0.25, 0.3) is 32.1 Å². The molecule has 4 aliphatic rings. The van der Waals surface area contributed by atoms with Crippen LogP contribution in [-0.4, -0.2) is 106 Å². The van der Waals surface area contributed by atoms with Crippen molar-refractivity contribution < 1.29 is 42.4 Å². The smallest absolute Gasteiger partial charge is 0.412 e. The highest BCUT2D eigenvalue weighted by atomic mass is 32.1. The first-order valence-electron chi connectivity index (χ1n) is 19.6. The van der Waals surface area contributed by atoms with Crippen LogP contribution < -0.4 is 15.0 Å². The largest absolute Gasteiger partial charge is 0.462 e. The number of hydrogen-bond acceptors (Lipinski definition) is 13. The van der Waals surface area contributed by atoms with E-state index in [1.54, 1.807) is 25.7 Å². The topological polar surface area (TPSA) is 163 Å². The third-order valence-corrected chi connectivity index (χ3v) is 12.0. The quantitative estimate of drug-likeness (QED) is 0.186. The molecule has 8 rings (SSSR count). The summed E-state index contributed by atoms with van der Waals surface area (Å²) in [5.41, 5.74) is -0.854. The van der Waals surface area contributed by atoms with E-state index < -0.39 is 35.0 Å². The van der Waals surface area contributed by atoms with Crippen LogP contribution >= 0.6 is 11.3 Å². The molecule has 2 aromatic carbocycles. The first kappa shape index (κ1) is 39.9. The SMILES string of the molecule is CC(C)(C)OC(=O)Nc1sc2ccc(F)c(-c3c4c(c5c(N6C7CCC6CN(C(=O)OC(C)(C)C)C7)nc(OC[C@@H]6CCN6CCO)nc5c3F)COC4)c2c1C#N. The molecule has 17 heteroatoms. The van der Waals surface area contributed by atoms with Gasteiger partial charge < -0.3 is 33.9 Å². The van der Waals surface area contributed by atoms with Crippen LogP contribution in [0.5, 0.6) is 6.01 Å². The van der Waals surface area contributed by atoms with Gasteiger partial charge in [-0.15, -0.1) is 11.3 Å². The Morgan fingerprint density at radius 1 is 1.00 bits per heavy atom. The number of halogens is 2. The summed E-state index contributed by atoms with van der Waals surface area (Å²) in [5, 5.41) is 23.3. The number of nitrogens with zero attached hydrogens (tertiary/aromatic N) is 6. The van der Waals surface area contributed by atoms with Crippen molar-refractivity contribution in [3.8, 4) is 23.2 Å². The molecule has 0 aliphatic carbocycles. The first-order valence-corrected chi connectivity index (χ1v) is 20.4. The lowest BCUT2D eigenvalue weighted by Gasteiger charge is -2.42.